The molecule has 1 N–H and O–H groups in total. The summed E-state index contributed by atoms with van der Waals surface area (Å²) in [5.74, 6) is 0.845. The van der Waals surface area contributed by atoms with E-state index in [1.54, 1.807) is 13.3 Å². The lowest BCUT2D eigenvalue weighted by Crippen LogP contribution is -2.48. The third-order valence-corrected chi connectivity index (χ3v) is 6.89. The number of hydrogen-bond acceptors (Lipinski definition) is 6. The van der Waals surface area contributed by atoms with Crippen molar-refractivity contribution in [2.24, 2.45) is 13.0 Å². The number of carbonyl (C=O) groups excluding carboxylic acids is 2. The Morgan fingerprint density at radius 2 is 1.91 bits per heavy atom. The Bertz CT molecular complexity index is 1210. The Kier molecular flexibility index (Phi) is 5.85. The first-order valence-electron chi connectivity index (χ1n) is 11.8. The highest BCUT2D eigenvalue weighted by molar-refractivity contribution is 5.85. The zero-order valence-electron chi connectivity index (χ0n) is 19.8. The number of pyridine rings is 1. The molecule has 2 saturated heterocycles. The van der Waals surface area contributed by atoms with Crippen molar-refractivity contribution in [1.29, 1.82) is 0 Å². The van der Waals surface area contributed by atoms with Crippen molar-refractivity contribution in [2.75, 3.05) is 37.6 Å². The number of fused-ring (bicyclic) bond motifs is 1. The summed E-state index contributed by atoms with van der Waals surface area (Å²) in [6, 6.07) is 10.3. The van der Waals surface area contributed by atoms with Crippen LogP contribution in [0.5, 0.6) is 5.88 Å². The van der Waals surface area contributed by atoms with E-state index in [9.17, 15) is 9.59 Å². The van der Waals surface area contributed by atoms with Crippen LogP contribution in [0.15, 0.2) is 36.7 Å². The van der Waals surface area contributed by atoms with Crippen molar-refractivity contribution in [3.05, 3.63) is 36.7 Å². The molecule has 9 nitrogen and oxygen atoms in total. The van der Waals surface area contributed by atoms with Gasteiger partial charge in [-0.1, -0.05) is 12.1 Å². The number of imidazole rings is 1. The Morgan fingerprint density at radius 3 is 2.56 bits per heavy atom. The number of anilines is 1. The van der Waals surface area contributed by atoms with Gasteiger partial charge in [-0.25, -0.2) is 9.97 Å². The van der Waals surface area contributed by atoms with E-state index in [-0.39, 0.29) is 23.8 Å². The van der Waals surface area contributed by atoms with E-state index in [4.69, 9.17) is 9.72 Å². The Labute approximate surface area is 198 Å². The fraction of sp³-hybridized carbons (Fsp3) is 0.440. The molecular formula is C25H30N6O3. The molecule has 2 amide bonds. The van der Waals surface area contributed by atoms with E-state index in [0.717, 1.165) is 54.2 Å². The van der Waals surface area contributed by atoms with Crippen LogP contribution >= 0.6 is 0 Å². The molecule has 3 aromatic rings. The third kappa shape index (κ3) is 4.30. The molecule has 34 heavy (non-hydrogen) atoms. The summed E-state index contributed by atoms with van der Waals surface area (Å²) < 4.78 is 8.22. The zero-order valence-corrected chi connectivity index (χ0v) is 19.8. The standard InChI is InChI=1S/C25H30N6O3/c1-16(19-12-23(33)26-14-19)34-25-24-22(27-15-29(24)3)13-21(28-25)18-4-6-20(7-5-18)31-10-8-30(9-11-31)17(2)32/h4-7,13,15-16,19H,8-12,14H2,1-3H3,(H,26,33)/t16-,19?/m1/s1. The van der Waals surface area contributed by atoms with Crippen molar-refractivity contribution < 1.29 is 14.3 Å². The second-order valence-electron chi connectivity index (χ2n) is 9.17. The summed E-state index contributed by atoms with van der Waals surface area (Å²) in [6.07, 6.45) is 2.08. The lowest BCUT2D eigenvalue weighted by molar-refractivity contribution is -0.129. The predicted molar refractivity (Wildman–Crippen MR) is 130 cm³/mol. The first-order valence-corrected chi connectivity index (χ1v) is 11.8. The molecule has 0 radical (unpaired) electrons. The average Bonchev–Trinajstić information content (AvgIpc) is 3.45. The maximum absolute atomic E-state index is 11.6. The quantitative estimate of drug-likeness (QED) is 0.625. The molecule has 0 bridgehead atoms. The molecule has 2 aromatic heterocycles. The Balaban J connectivity index is 1.38. The number of aromatic nitrogens is 3. The monoisotopic (exact) mass is 462 g/mol. The molecule has 178 valence electrons. The van der Waals surface area contributed by atoms with Crippen LogP contribution in [-0.2, 0) is 16.6 Å². The average molecular weight is 463 g/mol. The molecular weight excluding hydrogens is 432 g/mol. The Morgan fingerprint density at radius 1 is 1.18 bits per heavy atom. The summed E-state index contributed by atoms with van der Waals surface area (Å²) in [5.41, 5.74) is 4.57. The maximum atomic E-state index is 11.6. The summed E-state index contributed by atoms with van der Waals surface area (Å²) in [6.45, 7) is 7.38. The first-order chi connectivity index (χ1) is 16.4. The molecule has 2 aliphatic rings. The minimum Gasteiger partial charge on any atom is -0.473 e. The summed E-state index contributed by atoms with van der Waals surface area (Å²) >= 11 is 0. The third-order valence-electron chi connectivity index (χ3n) is 6.89. The van der Waals surface area contributed by atoms with Gasteiger partial charge in [0.1, 0.15) is 11.6 Å². The lowest BCUT2D eigenvalue weighted by atomic mass is 10.0. The smallest absolute Gasteiger partial charge is 0.241 e. The number of nitrogens with zero attached hydrogens (tertiary/aromatic N) is 5. The van der Waals surface area contributed by atoms with Crippen LogP contribution in [0.3, 0.4) is 0 Å². The number of aryl methyl sites for hydroxylation is 1. The molecule has 2 aliphatic heterocycles. The van der Waals surface area contributed by atoms with Gasteiger partial charge >= 0.3 is 0 Å². The molecule has 2 atom stereocenters. The van der Waals surface area contributed by atoms with Crippen LogP contribution in [0, 0.1) is 5.92 Å². The number of carbonyl (C=O) groups is 2. The van der Waals surface area contributed by atoms with Gasteiger partial charge in [0.15, 0.2) is 0 Å². The van der Waals surface area contributed by atoms with Crippen molar-refractivity contribution in [3.63, 3.8) is 0 Å². The fourth-order valence-corrected chi connectivity index (χ4v) is 4.72. The van der Waals surface area contributed by atoms with Gasteiger partial charge in [0.2, 0.25) is 17.7 Å². The second-order valence-corrected chi connectivity index (χ2v) is 9.17. The van der Waals surface area contributed by atoms with E-state index >= 15 is 0 Å². The highest BCUT2D eigenvalue weighted by atomic mass is 16.5. The summed E-state index contributed by atoms with van der Waals surface area (Å²) in [5, 5.41) is 2.88. The van der Waals surface area contributed by atoms with Gasteiger partial charge in [-0.2, -0.15) is 0 Å². The number of ether oxygens (including phenoxy) is 1. The van der Waals surface area contributed by atoms with Gasteiger partial charge in [0, 0.05) is 70.3 Å². The van der Waals surface area contributed by atoms with Gasteiger partial charge < -0.3 is 24.4 Å². The predicted octanol–water partition coefficient (Wildman–Crippen LogP) is 2.21. The van der Waals surface area contributed by atoms with Crippen LogP contribution in [0.2, 0.25) is 0 Å². The fourth-order valence-electron chi connectivity index (χ4n) is 4.72. The van der Waals surface area contributed by atoms with Crippen LogP contribution in [0.25, 0.3) is 22.3 Å². The van der Waals surface area contributed by atoms with Gasteiger partial charge in [-0.05, 0) is 25.1 Å². The Hall–Kier alpha value is -3.62. The van der Waals surface area contributed by atoms with Crippen LogP contribution in [0.4, 0.5) is 5.69 Å². The summed E-state index contributed by atoms with van der Waals surface area (Å²) in [4.78, 5) is 36.8. The topological polar surface area (TPSA) is 92.6 Å². The van der Waals surface area contributed by atoms with Crippen LogP contribution in [-0.4, -0.2) is 70.1 Å². The number of amides is 2. The molecule has 4 heterocycles. The van der Waals surface area contributed by atoms with Gasteiger partial charge in [-0.3, -0.25) is 9.59 Å². The van der Waals surface area contributed by atoms with Crippen LogP contribution in [0.1, 0.15) is 20.3 Å². The van der Waals surface area contributed by atoms with Crippen molar-refractivity contribution in [3.8, 4) is 17.1 Å². The minimum atomic E-state index is -0.157. The molecule has 1 aromatic carbocycles. The van der Waals surface area contributed by atoms with Crippen molar-refractivity contribution in [2.45, 2.75) is 26.4 Å². The van der Waals surface area contributed by atoms with E-state index < -0.39 is 0 Å². The maximum Gasteiger partial charge on any atom is 0.241 e. The molecule has 9 heteroatoms. The number of piperazine rings is 1. The van der Waals surface area contributed by atoms with E-state index in [1.165, 1.54) is 0 Å². The highest BCUT2D eigenvalue weighted by Crippen LogP contribution is 2.31. The molecule has 5 rings (SSSR count). The van der Waals surface area contributed by atoms with E-state index in [0.29, 0.717) is 18.8 Å². The number of hydrogen-bond donors (Lipinski definition) is 1. The molecule has 0 spiro atoms. The largest absolute Gasteiger partial charge is 0.473 e. The van der Waals surface area contributed by atoms with E-state index in [1.807, 2.05) is 29.5 Å². The van der Waals surface area contributed by atoms with E-state index in [2.05, 4.69) is 39.5 Å². The normalized spacial score (nSPS) is 19.4. The lowest BCUT2D eigenvalue weighted by Gasteiger charge is -2.35. The molecule has 2 fully saturated rings. The molecule has 0 saturated carbocycles. The van der Waals surface area contributed by atoms with Gasteiger partial charge in [0.25, 0.3) is 0 Å². The zero-order chi connectivity index (χ0) is 23.8. The second kappa shape index (κ2) is 8.96. The molecule has 0 aliphatic carbocycles. The minimum absolute atomic E-state index is 0.0654. The molecule has 1 unspecified atom stereocenters. The first kappa shape index (κ1) is 22.2. The number of nitrogens with one attached hydrogen (secondary N) is 1. The SMILES string of the molecule is CC(=O)N1CCN(c2ccc(-c3cc4ncn(C)c4c(O[C@H](C)C4CNC(=O)C4)n3)cc2)CC1. The summed E-state index contributed by atoms with van der Waals surface area (Å²) in [7, 11) is 1.93. The number of rotatable bonds is 5. The highest BCUT2D eigenvalue weighted by Gasteiger charge is 2.29. The van der Waals surface area contributed by atoms with Crippen LogP contribution < -0.4 is 15.0 Å². The van der Waals surface area contributed by atoms with Crippen molar-refractivity contribution >= 4 is 28.5 Å². The number of benzene rings is 1. The van der Waals surface area contributed by atoms with Crippen molar-refractivity contribution in [1.82, 2.24) is 24.8 Å². The van der Waals surface area contributed by atoms with Gasteiger partial charge in [-0.15, -0.1) is 0 Å². The van der Waals surface area contributed by atoms with Gasteiger partial charge in [0.05, 0.1) is 17.5 Å².